The van der Waals surface area contributed by atoms with Gasteiger partial charge in [0.2, 0.25) is 0 Å². The van der Waals surface area contributed by atoms with Crippen molar-refractivity contribution in [3.8, 4) is 11.5 Å². The molecule has 0 spiro atoms. The molecular weight excluding hydrogens is 334 g/mol. The molecule has 0 saturated heterocycles. The largest absolute Gasteiger partial charge is 0.497 e. The molecule has 3 aromatic rings. The lowest BCUT2D eigenvalue weighted by molar-refractivity contribution is 0.306. The molecule has 27 heavy (non-hydrogen) atoms. The summed E-state index contributed by atoms with van der Waals surface area (Å²) in [6, 6.07) is 26.5. The molecule has 3 heteroatoms. The fourth-order valence-electron chi connectivity index (χ4n) is 2.79. The van der Waals surface area contributed by atoms with Crippen molar-refractivity contribution in [2.24, 2.45) is 0 Å². The summed E-state index contributed by atoms with van der Waals surface area (Å²) in [6.45, 7) is 0.572. The number of methoxy groups -OCH3 is 1. The maximum atomic E-state index is 5.88. The topological polar surface area (TPSA) is 21.7 Å². The number of nitrogens with zero attached hydrogens (tertiary/aromatic N) is 1. The Bertz CT molecular complexity index is 867. The third kappa shape index (κ3) is 5.14. The van der Waals surface area contributed by atoms with Crippen molar-refractivity contribution in [3.63, 3.8) is 0 Å². The van der Waals surface area contributed by atoms with Gasteiger partial charge in [-0.15, -0.1) is 0 Å². The Morgan fingerprint density at radius 2 is 1.44 bits per heavy atom. The molecule has 0 aliphatic rings. The van der Waals surface area contributed by atoms with E-state index in [9.17, 15) is 0 Å². The summed E-state index contributed by atoms with van der Waals surface area (Å²) >= 11 is 0. The smallest absolute Gasteiger partial charge is 0.119 e. The zero-order valence-corrected chi connectivity index (χ0v) is 16.1. The van der Waals surface area contributed by atoms with Gasteiger partial charge in [-0.25, -0.2) is 0 Å². The lowest BCUT2D eigenvalue weighted by Crippen LogP contribution is -2.09. The van der Waals surface area contributed by atoms with Crippen LogP contribution >= 0.6 is 0 Å². The SMILES string of the molecule is COc1ccc(C=C(c2ccc(OCc3ccccc3)cc2)N(C)C)cc1. The molecule has 0 bridgehead atoms. The highest BCUT2D eigenvalue weighted by Crippen LogP contribution is 2.24. The first-order chi connectivity index (χ1) is 13.2. The first kappa shape index (κ1) is 18.6. The fourth-order valence-corrected chi connectivity index (χ4v) is 2.79. The van der Waals surface area contributed by atoms with Crippen molar-refractivity contribution in [2.75, 3.05) is 21.2 Å². The second kappa shape index (κ2) is 8.95. The van der Waals surface area contributed by atoms with Crippen LogP contribution in [0.2, 0.25) is 0 Å². The van der Waals surface area contributed by atoms with E-state index in [2.05, 4.69) is 61.5 Å². The van der Waals surface area contributed by atoms with Gasteiger partial charge in [-0.05, 0) is 59.2 Å². The van der Waals surface area contributed by atoms with E-state index < -0.39 is 0 Å². The van der Waals surface area contributed by atoms with Crippen LogP contribution in [-0.2, 0) is 6.61 Å². The summed E-state index contributed by atoms with van der Waals surface area (Å²) in [5.41, 5.74) is 4.57. The van der Waals surface area contributed by atoms with Gasteiger partial charge in [0, 0.05) is 19.8 Å². The van der Waals surface area contributed by atoms with E-state index in [0.29, 0.717) is 6.61 Å². The predicted molar refractivity (Wildman–Crippen MR) is 112 cm³/mol. The highest BCUT2D eigenvalue weighted by Gasteiger charge is 2.06. The van der Waals surface area contributed by atoms with Gasteiger partial charge in [0.15, 0.2) is 0 Å². The molecule has 0 saturated carbocycles. The van der Waals surface area contributed by atoms with E-state index in [-0.39, 0.29) is 0 Å². The first-order valence-corrected chi connectivity index (χ1v) is 8.96. The average Bonchev–Trinajstić information content (AvgIpc) is 2.72. The molecule has 138 valence electrons. The molecule has 0 unspecified atom stereocenters. The van der Waals surface area contributed by atoms with Crippen LogP contribution in [0.3, 0.4) is 0 Å². The molecular formula is C24H25NO2. The average molecular weight is 359 g/mol. The summed E-state index contributed by atoms with van der Waals surface area (Å²) < 4.78 is 11.1. The molecule has 0 N–H and O–H groups in total. The van der Waals surface area contributed by atoms with Gasteiger partial charge >= 0.3 is 0 Å². The van der Waals surface area contributed by atoms with Gasteiger partial charge < -0.3 is 14.4 Å². The highest BCUT2D eigenvalue weighted by molar-refractivity contribution is 5.80. The molecule has 0 radical (unpaired) electrons. The van der Waals surface area contributed by atoms with Crippen molar-refractivity contribution in [3.05, 3.63) is 95.6 Å². The summed E-state index contributed by atoms with van der Waals surface area (Å²) in [5, 5.41) is 0. The lowest BCUT2D eigenvalue weighted by Gasteiger charge is -2.18. The maximum absolute atomic E-state index is 5.88. The van der Waals surface area contributed by atoms with Crippen LogP contribution in [-0.4, -0.2) is 26.1 Å². The standard InChI is InChI=1S/C24H25NO2/c1-25(2)24(17-19-9-13-22(26-3)14-10-19)21-11-15-23(16-12-21)27-18-20-7-5-4-6-8-20/h4-17H,18H2,1-3H3. The minimum absolute atomic E-state index is 0.572. The Kier molecular flexibility index (Phi) is 6.16. The van der Waals surface area contributed by atoms with Gasteiger partial charge in [-0.2, -0.15) is 0 Å². The van der Waals surface area contributed by atoms with E-state index in [0.717, 1.165) is 33.9 Å². The number of hydrogen-bond donors (Lipinski definition) is 0. The van der Waals surface area contributed by atoms with Gasteiger partial charge in [0.25, 0.3) is 0 Å². The minimum atomic E-state index is 0.572. The molecule has 0 atom stereocenters. The number of ether oxygens (including phenoxy) is 2. The van der Waals surface area contributed by atoms with Gasteiger partial charge in [-0.3, -0.25) is 0 Å². The summed E-state index contributed by atoms with van der Waals surface area (Å²) in [5.74, 6) is 1.73. The van der Waals surface area contributed by atoms with Crippen LogP contribution in [0.5, 0.6) is 11.5 Å². The molecule has 0 fully saturated rings. The van der Waals surface area contributed by atoms with Crippen LogP contribution in [0.1, 0.15) is 16.7 Å². The first-order valence-electron chi connectivity index (χ1n) is 8.96. The van der Waals surface area contributed by atoms with Gasteiger partial charge in [-0.1, -0.05) is 42.5 Å². The zero-order valence-electron chi connectivity index (χ0n) is 16.1. The van der Waals surface area contributed by atoms with Crippen LogP contribution in [0.4, 0.5) is 0 Å². The third-order valence-corrected chi connectivity index (χ3v) is 4.30. The molecule has 0 heterocycles. The Balaban J connectivity index is 1.74. The third-order valence-electron chi connectivity index (χ3n) is 4.30. The number of hydrogen-bond acceptors (Lipinski definition) is 3. The Morgan fingerprint density at radius 1 is 0.815 bits per heavy atom. The van der Waals surface area contributed by atoms with Crippen molar-refractivity contribution in [1.29, 1.82) is 0 Å². The van der Waals surface area contributed by atoms with Crippen molar-refractivity contribution in [2.45, 2.75) is 6.61 Å². The molecule has 3 nitrogen and oxygen atoms in total. The van der Waals surface area contributed by atoms with E-state index in [4.69, 9.17) is 9.47 Å². The van der Waals surface area contributed by atoms with E-state index >= 15 is 0 Å². The highest BCUT2D eigenvalue weighted by atomic mass is 16.5. The van der Waals surface area contributed by atoms with Crippen molar-refractivity contribution in [1.82, 2.24) is 4.90 Å². The van der Waals surface area contributed by atoms with E-state index in [1.165, 1.54) is 0 Å². The quantitative estimate of drug-likeness (QED) is 0.532. The monoisotopic (exact) mass is 359 g/mol. The predicted octanol–water partition coefficient (Wildman–Crippen LogP) is 5.33. The van der Waals surface area contributed by atoms with Crippen molar-refractivity contribution >= 4 is 11.8 Å². The lowest BCUT2D eigenvalue weighted by atomic mass is 10.1. The molecule has 0 amide bonds. The van der Waals surface area contributed by atoms with Crippen LogP contribution < -0.4 is 9.47 Å². The Labute approximate surface area is 161 Å². The molecule has 0 aliphatic heterocycles. The normalized spacial score (nSPS) is 11.1. The second-order valence-corrected chi connectivity index (χ2v) is 6.50. The summed E-state index contributed by atoms with van der Waals surface area (Å²) in [4.78, 5) is 2.12. The minimum Gasteiger partial charge on any atom is -0.497 e. The van der Waals surface area contributed by atoms with E-state index in [1.54, 1.807) is 7.11 Å². The van der Waals surface area contributed by atoms with Crippen molar-refractivity contribution < 1.29 is 9.47 Å². The maximum Gasteiger partial charge on any atom is 0.119 e. The second-order valence-electron chi connectivity index (χ2n) is 6.50. The summed E-state index contributed by atoms with van der Waals surface area (Å²) in [7, 11) is 5.78. The van der Waals surface area contributed by atoms with Crippen LogP contribution in [0.25, 0.3) is 11.8 Å². The fraction of sp³-hybridized carbons (Fsp3) is 0.167. The number of benzene rings is 3. The van der Waals surface area contributed by atoms with Gasteiger partial charge in [0.1, 0.15) is 18.1 Å². The van der Waals surface area contributed by atoms with Crippen LogP contribution in [0.15, 0.2) is 78.9 Å². The Hall–Kier alpha value is -3.20. The molecule has 3 rings (SSSR count). The zero-order chi connectivity index (χ0) is 19.1. The molecule has 0 aromatic heterocycles. The summed E-state index contributed by atoms with van der Waals surface area (Å²) in [6.07, 6.45) is 2.17. The van der Waals surface area contributed by atoms with Crippen LogP contribution in [0, 0.1) is 0 Å². The Morgan fingerprint density at radius 3 is 2.04 bits per heavy atom. The van der Waals surface area contributed by atoms with Gasteiger partial charge in [0.05, 0.1) is 7.11 Å². The molecule has 0 aliphatic carbocycles. The van der Waals surface area contributed by atoms with E-state index in [1.807, 2.05) is 42.5 Å². The molecule has 3 aromatic carbocycles. The number of rotatable bonds is 7.